The van der Waals surface area contributed by atoms with E-state index in [2.05, 4.69) is 68.9 Å². The van der Waals surface area contributed by atoms with E-state index in [-0.39, 0.29) is 0 Å². The normalized spacial score (nSPS) is 16.9. The number of aromatic amines is 1. The van der Waals surface area contributed by atoms with Crippen LogP contribution in [0.15, 0.2) is 48.5 Å². The molecule has 0 unspecified atom stereocenters. The molecule has 0 radical (unpaired) electrons. The second kappa shape index (κ2) is 6.71. The quantitative estimate of drug-likeness (QED) is 0.598. The molecule has 2 aliphatic rings. The van der Waals surface area contributed by atoms with Crippen LogP contribution in [0.4, 0.5) is 0 Å². The fourth-order valence-electron chi connectivity index (χ4n) is 4.19. The molecule has 2 heterocycles. The van der Waals surface area contributed by atoms with Crippen LogP contribution in [0.3, 0.4) is 0 Å². The van der Waals surface area contributed by atoms with Crippen molar-refractivity contribution >= 4 is 0 Å². The first-order valence-corrected chi connectivity index (χ1v) is 9.56. The summed E-state index contributed by atoms with van der Waals surface area (Å²) in [5, 5.41) is 11.4. The molecule has 132 valence electrons. The third kappa shape index (κ3) is 2.85. The highest BCUT2D eigenvalue weighted by Gasteiger charge is 2.24. The summed E-state index contributed by atoms with van der Waals surface area (Å²) in [6.07, 6.45) is 2.21. The number of aromatic nitrogens is 2. The molecule has 1 saturated heterocycles. The van der Waals surface area contributed by atoms with Gasteiger partial charge in [-0.05, 0) is 30.6 Å². The van der Waals surface area contributed by atoms with Gasteiger partial charge in [-0.25, -0.2) is 0 Å². The minimum atomic E-state index is 0.972. The van der Waals surface area contributed by atoms with Gasteiger partial charge in [-0.15, -0.1) is 0 Å². The molecule has 1 aliphatic carbocycles. The summed E-state index contributed by atoms with van der Waals surface area (Å²) in [4.78, 5) is 2.54. The lowest BCUT2D eigenvalue weighted by molar-refractivity contribution is 0.284. The Balaban J connectivity index is 1.36. The minimum Gasteiger partial charge on any atom is -0.315 e. The lowest BCUT2D eigenvalue weighted by Crippen LogP contribution is -2.27. The van der Waals surface area contributed by atoms with Crippen LogP contribution < -0.4 is 5.32 Å². The summed E-state index contributed by atoms with van der Waals surface area (Å²) >= 11 is 0. The van der Waals surface area contributed by atoms with Crippen molar-refractivity contribution in [1.82, 2.24) is 20.4 Å². The average molecular weight is 344 g/mol. The predicted molar refractivity (Wildman–Crippen MR) is 105 cm³/mol. The molecule has 3 aromatic rings. The standard InChI is InChI=1S/C22H24N4/c1-2-5-19-18(4-1)14-20-21(24-25-22(19)20)17-8-6-16(7-9-17)15-26-12-3-10-23-11-13-26/h1-2,4-9,23H,3,10-15H2,(H,24,25). The second-order valence-corrected chi connectivity index (χ2v) is 7.34. The van der Waals surface area contributed by atoms with Gasteiger partial charge in [-0.1, -0.05) is 48.5 Å². The van der Waals surface area contributed by atoms with Gasteiger partial charge in [0.25, 0.3) is 0 Å². The van der Waals surface area contributed by atoms with E-state index in [1.54, 1.807) is 0 Å². The van der Waals surface area contributed by atoms with Crippen molar-refractivity contribution in [3.8, 4) is 22.5 Å². The molecule has 0 bridgehead atoms. The van der Waals surface area contributed by atoms with Gasteiger partial charge < -0.3 is 5.32 Å². The number of hydrogen-bond acceptors (Lipinski definition) is 3. The number of fused-ring (bicyclic) bond motifs is 3. The van der Waals surface area contributed by atoms with Crippen LogP contribution in [0.2, 0.25) is 0 Å². The summed E-state index contributed by atoms with van der Waals surface area (Å²) in [6.45, 7) is 5.58. The monoisotopic (exact) mass is 344 g/mol. The van der Waals surface area contributed by atoms with E-state index in [1.807, 2.05) is 0 Å². The first kappa shape index (κ1) is 15.8. The highest BCUT2D eigenvalue weighted by atomic mass is 15.1. The number of rotatable bonds is 3. The maximum absolute atomic E-state index is 4.62. The van der Waals surface area contributed by atoms with E-state index < -0.39 is 0 Å². The topological polar surface area (TPSA) is 44.0 Å². The highest BCUT2D eigenvalue weighted by Crippen LogP contribution is 2.39. The largest absolute Gasteiger partial charge is 0.315 e. The number of nitrogens with one attached hydrogen (secondary N) is 2. The highest BCUT2D eigenvalue weighted by molar-refractivity contribution is 5.80. The van der Waals surface area contributed by atoms with Crippen LogP contribution in [-0.2, 0) is 13.0 Å². The molecular weight excluding hydrogens is 320 g/mol. The van der Waals surface area contributed by atoms with Crippen LogP contribution in [0.25, 0.3) is 22.5 Å². The molecule has 0 atom stereocenters. The molecule has 26 heavy (non-hydrogen) atoms. The van der Waals surface area contributed by atoms with Gasteiger partial charge in [0.1, 0.15) is 0 Å². The Morgan fingerprint density at radius 2 is 1.85 bits per heavy atom. The van der Waals surface area contributed by atoms with Crippen LogP contribution in [-0.4, -0.2) is 41.3 Å². The smallest absolute Gasteiger partial charge is 0.0962 e. The van der Waals surface area contributed by atoms with Crippen molar-refractivity contribution in [2.75, 3.05) is 26.2 Å². The fourth-order valence-corrected chi connectivity index (χ4v) is 4.19. The van der Waals surface area contributed by atoms with Gasteiger partial charge in [0.2, 0.25) is 0 Å². The third-order valence-corrected chi connectivity index (χ3v) is 5.59. The van der Waals surface area contributed by atoms with Crippen LogP contribution in [0.5, 0.6) is 0 Å². The summed E-state index contributed by atoms with van der Waals surface area (Å²) in [7, 11) is 0. The average Bonchev–Trinajstić information content (AvgIpc) is 3.13. The Morgan fingerprint density at radius 1 is 0.962 bits per heavy atom. The Morgan fingerprint density at radius 3 is 2.77 bits per heavy atom. The Bertz CT molecular complexity index is 902. The molecule has 2 aromatic carbocycles. The molecule has 1 fully saturated rings. The molecule has 1 aromatic heterocycles. The predicted octanol–water partition coefficient (Wildman–Crippen LogP) is 3.44. The molecule has 0 spiro atoms. The van der Waals surface area contributed by atoms with Gasteiger partial charge >= 0.3 is 0 Å². The van der Waals surface area contributed by atoms with Gasteiger partial charge in [0.05, 0.1) is 11.4 Å². The first-order valence-electron chi connectivity index (χ1n) is 9.56. The molecule has 5 rings (SSSR count). The maximum atomic E-state index is 4.62. The molecule has 2 N–H and O–H groups in total. The van der Waals surface area contributed by atoms with Crippen LogP contribution in [0.1, 0.15) is 23.1 Å². The molecule has 4 heteroatoms. The van der Waals surface area contributed by atoms with Gasteiger partial charge in [0.15, 0.2) is 0 Å². The van der Waals surface area contributed by atoms with E-state index in [0.717, 1.165) is 38.3 Å². The zero-order valence-electron chi connectivity index (χ0n) is 15.0. The lowest BCUT2D eigenvalue weighted by atomic mass is 10.0. The van der Waals surface area contributed by atoms with Gasteiger partial charge in [0, 0.05) is 42.7 Å². The molecular formula is C22H24N4. The van der Waals surface area contributed by atoms with E-state index in [1.165, 1.54) is 46.5 Å². The van der Waals surface area contributed by atoms with Gasteiger partial charge in [-0.2, -0.15) is 5.10 Å². The van der Waals surface area contributed by atoms with E-state index in [9.17, 15) is 0 Å². The maximum Gasteiger partial charge on any atom is 0.0962 e. The Hall–Kier alpha value is -2.43. The van der Waals surface area contributed by atoms with E-state index in [0.29, 0.717) is 0 Å². The molecule has 0 saturated carbocycles. The SMILES string of the molecule is c1ccc2c(c1)Cc1c(-c3ccc(CN4CCCNCC4)cc3)n[nH]c1-2. The molecule has 4 nitrogen and oxygen atoms in total. The van der Waals surface area contributed by atoms with Gasteiger partial charge in [-0.3, -0.25) is 10.00 Å². The lowest BCUT2D eigenvalue weighted by Gasteiger charge is -2.19. The summed E-state index contributed by atoms with van der Waals surface area (Å²) in [5.41, 5.74) is 8.90. The third-order valence-electron chi connectivity index (χ3n) is 5.59. The van der Waals surface area contributed by atoms with Crippen molar-refractivity contribution < 1.29 is 0 Å². The van der Waals surface area contributed by atoms with Crippen molar-refractivity contribution in [3.05, 3.63) is 65.2 Å². The molecule has 1 aliphatic heterocycles. The van der Waals surface area contributed by atoms with Crippen molar-refractivity contribution in [2.45, 2.75) is 19.4 Å². The number of nitrogens with zero attached hydrogens (tertiary/aromatic N) is 2. The summed E-state index contributed by atoms with van der Waals surface area (Å²) in [6, 6.07) is 17.6. The second-order valence-electron chi connectivity index (χ2n) is 7.34. The summed E-state index contributed by atoms with van der Waals surface area (Å²) in [5.74, 6) is 0. The summed E-state index contributed by atoms with van der Waals surface area (Å²) < 4.78 is 0. The fraction of sp³-hybridized carbons (Fsp3) is 0.318. The zero-order valence-corrected chi connectivity index (χ0v) is 15.0. The Labute approximate surface area is 154 Å². The van der Waals surface area contributed by atoms with E-state index >= 15 is 0 Å². The van der Waals surface area contributed by atoms with Crippen molar-refractivity contribution in [2.24, 2.45) is 0 Å². The Kier molecular flexibility index (Phi) is 4.07. The van der Waals surface area contributed by atoms with Crippen molar-refractivity contribution in [3.63, 3.8) is 0 Å². The van der Waals surface area contributed by atoms with Crippen LogP contribution in [0, 0.1) is 0 Å². The number of hydrogen-bond donors (Lipinski definition) is 2. The first-order chi connectivity index (χ1) is 12.9. The van der Waals surface area contributed by atoms with E-state index in [4.69, 9.17) is 0 Å². The molecule has 0 amide bonds. The number of H-pyrrole nitrogens is 1. The van der Waals surface area contributed by atoms with Crippen LogP contribution >= 0.6 is 0 Å². The zero-order chi connectivity index (χ0) is 17.3. The van der Waals surface area contributed by atoms with Crippen molar-refractivity contribution in [1.29, 1.82) is 0 Å². The number of benzene rings is 2. The minimum absolute atomic E-state index is 0.972.